The molecule has 4 aliphatic carbocycles. The van der Waals surface area contributed by atoms with Gasteiger partial charge in [0.2, 0.25) is 0 Å². The van der Waals surface area contributed by atoms with Gasteiger partial charge in [0.15, 0.2) is 12.6 Å². The lowest BCUT2D eigenvalue weighted by Gasteiger charge is -2.71. The van der Waals surface area contributed by atoms with Gasteiger partial charge in [-0.05, 0) is 117 Å². The molecular formula is C42H72O14. The summed E-state index contributed by atoms with van der Waals surface area (Å²) >= 11 is 0. The van der Waals surface area contributed by atoms with Crippen LogP contribution >= 0.6 is 0 Å². The molecule has 0 aromatic heterocycles. The molecule has 56 heavy (non-hydrogen) atoms. The Labute approximate surface area is 331 Å². The van der Waals surface area contributed by atoms with Gasteiger partial charge >= 0.3 is 0 Å². The van der Waals surface area contributed by atoms with Gasteiger partial charge in [0.05, 0.1) is 36.6 Å². The van der Waals surface area contributed by atoms with Gasteiger partial charge in [-0.1, -0.05) is 46.8 Å². The Kier molecular flexibility index (Phi) is 12.4. The van der Waals surface area contributed by atoms with Crippen molar-refractivity contribution in [3.05, 3.63) is 12.2 Å². The van der Waals surface area contributed by atoms with Crippen LogP contribution < -0.4 is 0 Å². The average molecular weight is 801 g/mol. The third kappa shape index (κ3) is 7.37. The summed E-state index contributed by atoms with van der Waals surface area (Å²) in [6.45, 7) is 15.5. The first kappa shape index (κ1) is 44.7. The predicted molar refractivity (Wildman–Crippen MR) is 202 cm³/mol. The van der Waals surface area contributed by atoms with E-state index in [1.165, 1.54) is 0 Å². The van der Waals surface area contributed by atoms with Crippen LogP contribution in [0.15, 0.2) is 12.2 Å². The smallest absolute Gasteiger partial charge is 0.186 e. The average Bonchev–Trinajstić information content (AvgIpc) is 3.50. The van der Waals surface area contributed by atoms with Crippen LogP contribution in [-0.2, 0) is 18.9 Å². The SMILES string of the molecule is CC(C)(O)/C=C/CC(C)(O)C1CC[C@]2(C)C1[C@H](O[C@@H]1O[C@H](CO)[C@@H](O)[C@H](O)[C@H]1O)CC1[C@@]3(C)CC[C@@H](O[C@@H]4O[C@H](CO)[C@@H](O)[C@H](O)[C@H]4O)C(C)(C)C3CC[C@]12C. The summed E-state index contributed by atoms with van der Waals surface area (Å²) in [6.07, 6.45) is -5.82. The molecule has 2 saturated heterocycles. The quantitative estimate of drug-likeness (QED) is 0.110. The van der Waals surface area contributed by atoms with Crippen LogP contribution in [0.3, 0.4) is 0 Å². The van der Waals surface area contributed by atoms with Gasteiger partial charge in [-0.2, -0.15) is 0 Å². The Morgan fingerprint density at radius 1 is 0.661 bits per heavy atom. The van der Waals surface area contributed by atoms with Crippen molar-refractivity contribution in [2.24, 2.45) is 45.3 Å². The van der Waals surface area contributed by atoms with Gasteiger partial charge in [-0.15, -0.1) is 0 Å². The fourth-order valence-electron chi connectivity index (χ4n) is 13.2. The summed E-state index contributed by atoms with van der Waals surface area (Å²) in [6, 6.07) is 0. The van der Waals surface area contributed by atoms with Crippen molar-refractivity contribution in [1.82, 2.24) is 0 Å². The first-order valence-electron chi connectivity index (χ1n) is 20.9. The number of rotatable bonds is 10. The van der Waals surface area contributed by atoms with Crippen LogP contribution in [0, 0.1) is 45.3 Å². The zero-order valence-corrected chi connectivity index (χ0v) is 34.6. The zero-order valence-electron chi connectivity index (χ0n) is 34.6. The Morgan fingerprint density at radius 3 is 1.73 bits per heavy atom. The van der Waals surface area contributed by atoms with Crippen LogP contribution in [0.2, 0.25) is 0 Å². The summed E-state index contributed by atoms with van der Waals surface area (Å²) in [5.41, 5.74) is -3.44. The number of hydrogen-bond acceptors (Lipinski definition) is 14. The minimum atomic E-state index is -1.60. The molecule has 0 radical (unpaired) electrons. The molecule has 324 valence electrons. The van der Waals surface area contributed by atoms with Crippen molar-refractivity contribution < 1.29 is 70.0 Å². The van der Waals surface area contributed by atoms with E-state index in [0.29, 0.717) is 19.3 Å². The van der Waals surface area contributed by atoms with Gasteiger partial charge in [-0.3, -0.25) is 0 Å². The number of fused-ring (bicyclic) bond motifs is 5. The van der Waals surface area contributed by atoms with E-state index in [1.807, 2.05) is 13.0 Å². The molecule has 5 unspecified atom stereocenters. The van der Waals surface area contributed by atoms with E-state index in [1.54, 1.807) is 19.9 Å². The van der Waals surface area contributed by atoms with Crippen LogP contribution in [-0.4, -0.2) is 149 Å². The van der Waals surface area contributed by atoms with Gasteiger partial charge in [0, 0.05) is 0 Å². The summed E-state index contributed by atoms with van der Waals surface area (Å²) in [4.78, 5) is 0. The molecule has 10 N–H and O–H groups in total. The van der Waals surface area contributed by atoms with Crippen molar-refractivity contribution in [1.29, 1.82) is 0 Å². The van der Waals surface area contributed by atoms with Crippen molar-refractivity contribution >= 4 is 0 Å². The van der Waals surface area contributed by atoms with E-state index in [4.69, 9.17) is 18.9 Å². The van der Waals surface area contributed by atoms with E-state index < -0.39 is 97.3 Å². The van der Waals surface area contributed by atoms with Gasteiger partial charge in [0.25, 0.3) is 0 Å². The molecule has 6 aliphatic rings. The Hall–Kier alpha value is -0.820. The molecule has 2 aliphatic heterocycles. The third-order valence-electron chi connectivity index (χ3n) is 16.5. The zero-order chi connectivity index (χ0) is 41.6. The molecule has 14 nitrogen and oxygen atoms in total. The van der Waals surface area contributed by atoms with Crippen LogP contribution in [0.5, 0.6) is 0 Å². The maximum Gasteiger partial charge on any atom is 0.186 e. The fraction of sp³-hybridized carbons (Fsp3) is 0.952. The molecule has 0 bridgehead atoms. The molecule has 20 atom stereocenters. The molecule has 4 saturated carbocycles. The molecule has 2 heterocycles. The highest BCUT2D eigenvalue weighted by Crippen LogP contribution is 2.76. The van der Waals surface area contributed by atoms with E-state index in [0.717, 1.165) is 32.1 Å². The van der Waals surface area contributed by atoms with Crippen LogP contribution in [0.4, 0.5) is 0 Å². The Bertz CT molecular complexity index is 1400. The maximum absolute atomic E-state index is 12.3. The molecule has 6 fully saturated rings. The highest BCUT2D eigenvalue weighted by atomic mass is 16.7. The van der Waals surface area contributed by atoms with Gasteiger partial charge in [0.1, 0.15) is 48.8 Å². The van der Waals surface area contributed by atoms with E-state index in [2.05, 4.69) is 34.6 Å². The summed E-state index contributed by atoms with van der Waals surface area (Å²) in [5, 5.41) is 107. The molecule has 0 amide bonds. The first-order valence-corrected chi connectivity index (χ1v) is 20.9. The fourth-order valence-corrected chi connectivity index (χ4v) is 13.2. The minimum Gasteiger partial charge on any atom is -0.394 e. The summed E-state index contributed by atoms with van der Waals surface area (Å²) in [5.74, 6) is -0.190. The molecule has 0 aromatic carbocycles. The van der Waals surface area contributed by atoms with Crippen molar-refractivity contribution in [3.8, 4) is 0 Å². The standard InChI is InChI=1S/C42H72O14/c1-37(2,51)13-9-14-42(8,52)21-10-16-41(7)28(21)22(53-35-33(49)31(47)29(45)23(19-43)54-35)18-26-39(5)15-12-27(38(3,4)25(39)11-17-40(26,41)6)56-36-34(50)32(48)30(46)24(20-44)55-36/h9,13,21-36,43-52H,10-12,14-20H2,1-8H3/b13-9+/t21?,22-,23-,24-,25?,26?,27-,28?,29-,30-,31+,32+,33-,34-,35-,36+,39+,40-,41-,42?/m1/s1. The lowest BCUT2D eigenvalue weighted by atomic mass is 9.35. The largest absolute Gasteiger partial charge is 0.394 e. The number of ether oxygens (including phenoxy) is 4. The van der Waals surface area contributed by atoms with Crippen molar-refractivity contribution in [3.63, 3.8) is 0 Å². The number of aliphatic hydroxyl groups is 10. The second-order valence-electron chi connectivity index (χ2n) is 20.6. The number of aliphatic hydroxyl groups excluding tert-OH is 8. The van der Waals surface area contributed by atoms with E-state index in [-0.39, 0.29) is 46.0 Å². The Balaban J connectivity index is 1.34. The molecule has 6 rings (SSSR count). The van der Waals surface area contributed by atoms with Gasteiger partial charge in [-0.25, -0.2) is 0 Å². The maximum atomic E-state index is 12.3. The Morgan fingerprint density at radius 2 is 1.20 bits per heavy atom. The second-order valence-corrected chi connectivity index (χ2v) is 20.6. The number of hydrogen-bond donors (Lipinski definition) is 10. The summed E-state index contributed by atoms with van der Waals surface area (Å²) in [7, 11) is 0. The minimum absolute atomic E-state index is 0.0937. The van der Waals surface area contributed by atoms with E-state index >= 15 is 0 Å². The molecule has 0 aromatic rings. The molecule has 14 heteroatoms. The predicted octanol–water partition coefficient (Wildman–Crippen LogP) is 1.12. The third-order valence-corrected chi connectivity index (χ3v) is 16.5. The lowest BCUT2D eigenvalue weighted by Crippen LogP contribution is -2.68. The van der Waals surface area contributed by atoms with Crippen molar-refractivity contribution in [2.45, 2.75) is 192 Å². The first-order chi connectivity index (χ1) is 25.9. The lowest BCUT2D eigenvalue weighted by molar-refractivity contribution is -0.342. The van der Waals surface area contributed by atoms with Crippen molar-refractivity contribution in [2.75, 3.05) is 13.2 Å². The molecular weight excluding hydrogens is 728 g/mol. The monoisotopic (exact) mass is 800 g/mol. The highest BCUT2D eigenvalue weighted by Gasteiger charge is 2.72. The summed E-state index contributed by atoms with van der Waals surface area (Å²) < 4.78 is 25.1. The second kappa shape index (κ2) is 15.6. The molecule has 0 spiro atoms. The van der Waals surface area contributed by atoms with E-state index in [9.17, 15) is 51.1 Å². The highest BCUT2D eigenvalue weighted by molar-refractivity contribution is 5.21. The topological polar surface area (TPSA) is 239 Å². The van der Waals surface area contributed by atoms with Gasteiger partial charge < -0.3 is 70.0 Å². The van der Waals surface area contributed by atoms with Crippen LogP contribution in [0.25, 0.3) is 0 Å². The normalized spacial score (nSPS) is 51.9. The van der Waals surface area contributed by atoms with Crippen LogP contribution in [0.1, 0.15) is 107 Å².